The number of fused-ring (bicyclic) bond motifs is 4. The summed E-state index contributed by atoms with van der Waals surface area (Å²) in [6.07, 6.45) is -1.54. The largest absolute Gasteiger partial charge is 0.504 e. The van der Waals surface area contributed by atoms with Gasteiger partial charge in [-0.05, 0) is 66.6 Å². The Kier molecular flexibility index (Phi) is 8.57. The third-order valence-corrected chi connectivity index (χ3v) is 11.2. The van der Waals surface area contributed by atoms with E-state index in [0.717, 1.165) is 5.01 Å². The van der Waals surface area contributed by atoms with Gasteiger partial charge in [0.25, 0.3) is 11.8 Å². The zero-order chi connectivity index (χ0) is 36.6. The van der Waals surface area contributed by atoms with E-state index in [-0.39, 0.29) is 48.5 Å². The Balaban J connectivity index is 1.44. The molecule has 0 unspecified atom stereocenters. The molecule has 2 aliphatic carbocycles. The van der Waals surface area contributed by atoms with Crippen molar-refractivity contribution in [3.8, 4) is 11.5 Å². The van der Waals surface area contributed by atoms with E-state index in [2.05, 4.69) is 10.4 Å². The summed E-state index contributed by atoms with van der Waals surface area (Å²) in [5.41, 5.74) is 1.33. The van der Waals surface area contributed by atoms with Crippen LogP contribution in [0.25, 0.3) is 0 Å². The number of benzene rings is 2. The van der Waals surface area contributed by atoms with Crippen LogP contribution in [0.1, 0.15) is 48.8 Å². The van der Waals surface area contributed by atoms with Crippen molar-refractivity contribution in [2.75, 3.05) is 19.1 Å². The number of aromatic nitrogens is 1. The van der Waals surface area contributed by atoms with Gasteiger partial charge in [0.15, 0.2) is 17.3 Å². The van der Waals surface area contributed by atoms with E-state index in [4.69, 9.17) is 27.9 Å². The number of phenols is 1. The van der Waals surface area contributed by atoms with E-state index in [1.807, 2.05) is 13.0 Å². The molecule has 15 heteroatoms. The topological polar surface area (TPSA) is 129 Å². The predicted octanol–water partition coefficient (Wildman–Crippen LogP) is 6.52. The number of phenolic OH excluding ortho intramolecular Hbond substituents is 1. The number of nitrogens with one attached hydrogen (secondary N) is 1. The van der Waals surface area contributed by atoms with Gasteiger partial charge in [-0.3, -0.25) is 29.5 Å². The SMILES string of the molecule is CCCN1C(=O)[C@H]2[C@H](CC=C3[C@H]2C[C@H]2C(=O)N(Nc4ncc(C(F)(F)F)cc4Cl)C(=O)[C@@]2(c2ccc(Cl)cc2)[C@H]3c2ccc(O)c(OC)c2)C1=O. The van der Waals surface area contributed by atoms with Crippen molar-refractivity contribution in [1.29, 1.82) is 0 Å². The summed E-state index contributed by atoms with van der Waals surface area (Å²) in [5, 5.41) is 11.2. The molecule has 2 aromatic carbocycles. The van der Waals surface area contributed by atoms with Gasteiger partial charge in [-0.25, -0.2) is 4.98 Å². The van der Waals surface area contributed by atoms with Gasteiger partial charge in [-0.15, -0.1) is 0 Å². The molecule has 266 valence electrons. The number of aromatic hydroxyl groups is 1. The number of halogens is 5. The van der Waals surface area contributed by atoms with E-state index < -0.39 is 63.6 Å². The highest BCUT2D eigenvalue weighted by molar-refractivity contribution is 6.33. The average Bonchev–Trinajstić information content (AvgIpc) is 3.46. The molecule has 1 aromatic heterocycles. The van der Waals surface area contributed by atoms with Gasteiger partial charge in [0, 0.05) is 23.7 Å². The van der Waals surface area contributed by atoms with Crippen molar-refractivity contribution in [2.45, 2.75) is 43.7 Å². The second-order valence-corrected chi connectivity index (χ2v) is 14.0. The zero-order valence-corrected chi connectivity index (χ0v) is 28.7. The minimum absolute atomic E-state index is 0.00272. The summed E-state index contributed by atoms with van der Waals surface area (Å²) in [6, 6.07) is 11.7. The standard InChI is InChI=1S/C36H31Cl2F3N4O6/c1-3-12-44-31(47)22-10-9-21-23(28(22)33(44)49)15-24-32(48)45(43-30-25(38)14-19(16-42-30)36(39,40)41)34(50)35(24,18-5-7-20(37)8-6-18)29(21)17-4-11-26(46)27(13-17)51-2/h4-9,11,13-14,16,22-24,28-29,46H,3,10,12,15H2,1-2H3,(H,42,43)/t22-,23+,24-,28-,29-,35+/m0/s1. The number of rotatable bonds is 7. The first kappa shape index (κ1) is 34.8. The Morgan fingerprint density at radius 3 is 2.39 bits per heavy atom. The van der Waals surface area contributed by atoms with Crippen molar-refractivity contribution in [3.05, 3.63) is 93.1 Å². The van der Waals surface area contributed by atoms with Crippen LogP contribution in [0.4, 0.5) is 19.0 Å². The second kappa shape index (κ2) is 12.6. The molecule has 4 aliphatic rings. The molecule has 2 N–H and O–H groups in total. The fraction of sp³-hybridized carbons (Fsp3) is 0.361. The Morgan fingerprint density at radius 2 is 1.75 bits per heavy atom. The van der Waals surface area contributed by atoms with Crippen LogP contribution >= 0.6 is 23.2 Å². The van der Waals surface area contributed by atoms with Crippen LogP contribution in [0.5, 0.6) is 11.5 Å². The van der Waals surface area contributed by atoms with Crippen molar-refractivity contribution in [2.24, 2.45) is 23.7 Å². The molecule has 0 spiro atoms. The van der Waals surface area contributed by atoms with Gasteiger partial charge in [0.1, 0.15) is 0 Å². The third-order valence-electron chi connectivity index (χ3n) is 10.6. The monoisotopic (exact) mass is 742 g/mol. The van der Waals surface area contributed by atoms with Gasteiger partial charge < -0.3 is 9.84 Å². The van der Waals surface area contributed by atoms with Gasteiger partial charge in [0.05, 0.1) is 40.9 Å². The van der Waals surface area contributed by atoms with Crippen molar-refractivity contribution >= 4 is 52.6 Å². The minimum atomic E-state index is -4.74. The highest BCUT2D eigenvalue weighted by Crippen LogP contribution is 2.64. The molecule has 7 rings (SSSR count). The number of ether oxygens (including phenoxy) is 1. The molecule has 3 aromatic rings. The lowest BCUT2D eigenvalue weighted by atomic mass is 9.49. The summed E-state index contributed by atoms with van der Waals surface area (Å²) >= 11 is 12.5. The molecule has 2 saturated heterocycles. The van der Waals surface area contributed by atoms with E-state index in [9.17, 15) is 32.7 Å². The number of hydrazine groups is 1. The molecule has 0 radical (unpaired) electrons. The molecule has 4 amide bonds. The fourth-order valence-corrected chi connectivity index (χ4v) is 8.88. The molecule has 1 saturated carbocycles. The highest BCUT2D eigenvalue weighted by Gasteiger charge is 2.70. The Morgan fingerprint density at radius 1 is 1.02 bits per heavy atom. The van der Waals surface area contributed by atoms with Crippen LogP contribution in [0.15, 0.2) is 66.4 Å². The number of carbonyl (C=O) groups excluding carboxylic acids is 4. The number of pyridine rings is 1. The lowest BCUT2D eigenvalue weighted by Crippen LogP contribution is -2.53. The van der Waals surface area contributed by atoms with Crippen molar-refractivity contribution in [1.82, 2.24) is 14.9 Å². The molecule has 6 atom stereocenters. The normalized spacial score (nSPS) is 27.3. The minimum Gasteiger partial charge on any atom is -0.504 e. The van der Waals surface area contributed by atoms with Crippen molar-refractivity contribution in [3.63, 3.8) is 0 Å². The maximum absolute atomic E-state index is 15.2. The number of methoxy groups -OCH3 is 1. The summed E-state index contributed by atoms with van der Waals surface area (Å²) < 4.78 is 45.7. The smallest absolute Gasteiger partial charge is 0.417 e. The predicted molar refractivity (Wildman–Crippen MR) is 179 cm³/mol. The molecule has 3 fully saturated rings. The molecule has 2 aliphatic heterocycles. The number of amides is 4. The quantitative estimate of drug-likeness (QED) is 0.207. The maximum Gasteiger partial charge on any atom is 0.417 e. The van der Waals surface area contributed by atoms with Gasteiger partial charge in [-0.2, -0.15) is 18.2 Å². The highest BCUT2D eigenvalue weighted by atomic mass is 35.5. The molecule has 51 heavy (non-hydrogen) atoms. The zero-order valence-electron chi connectivity index (χ0n) is 27.2. The summed E-state index contributed by atoms with van der Waals surface area (Å²) in [4.78, 5) is 62.4. The van der Waals surface area contributed by atoms with Crippen LogP contribution in [0.3, 0.4) is 0 Å². The molecular formula is C36H31Cl2F3N4O6. The van der Waals surface area contributed by atoms with Crippen molar-refractivity contribution < 1.29 is 42.2 Å². The maximum atomic E-state index is 15.2. The summed E-state index contributed by atoms with van der Waals surface area (Å²) in [6.45, 7) is 2.11. The number of hydrogen-bond donors (Lipinski definition) is 2. The Bertz CT molecular complexity index is 2010. The number of imide groups is 2. The number of anilines is 1. The number of likely N-dealkylation sites (tertiary alicyclic amines) is 1. The van der Waals surface area contributed by atoms with Gasteiger partial charge in [0.2, 0.25) is 11.8 Å². The molecular weight excluding hydrogens is 712 g/mol. The molecule has 0 bridgehead atoms. The first-order valence-corrected chi connectivity index (χ1v) is 17.0. The number of hydrogen-bond acceptors (Lipinski definition) is 8. The van der Waals surface area contributed by atoms with E-state index in [0.29, 0.717) is 40.4 Å². The van der Waals surface area contributed by atoms with Crippen LogP contribution in [-0.4, -0.2) is 57.3 Å². The number of allylic oxidation sites excluding steroid dienone is 2. The molecule has 10 nitrogen and oxygen atoms in total. The lowest BCUT2D eigenvalue weighted by Gasteiger charge is -2.50. The van der Waals surface area contributed by atoms with Gasteiger partial charge in [-0.1, -0.05) is 60.0 Å². The molecule has 3 heterocycles. The Hall–Kier alpha value is -4.62. The van der Waals surface area contributed by atoms with E-state index >= 15 is 4.79 Å². The average molecular weight is 744 g/mol. The van der Waals surface area contributed by atoms with Gasteiger partial charge >= 0.3 is 6.18 Å². The first-order chi connectivity index (χ1) is 24.2. The summed E-state index contributed by atoms with van der Waals surface area (Å²) in [7, 11) is 1.37. The van der Waals surface area contributed by atoms with Crippen LogP contribution in [0.2, 0.25) is 10.0 Å². The number of carbonyl (C=O) groups is 4. The summed E-state index contributed by atoms with van der Waals surface area (Å²) in [5.74, 6) is -6.70. The number of nitrogens with zero attached hydrogens (tertiary/aromatic N) is 3. The number of alkyl halides is 3. The van der Waals surface area contributed by atoms with Crippen LogP contribution < -0.4 is 10.2 Å². The van der Waals surface area contributed by atoms with E-state index in [1.165, 1.54) is 18.1 Å². The Labute approximate surface area is 300 Å². The third kappa shape index (κ3) is 5.26. The van der Waals surface area contributed by atoms with E-state index in [1.54, 1.807) is 36.4 Å². The lowest BCUT2D eigenvalue weighted by molar-refractivity contribution is -0.141. The fourth-order valence-electron chi connectivity index (χ4n) is 8.54. The van der Waals surface area contributed by atoms with Crippen LogP contribution in [0, 0.1) is 23.7 Å². The second-order valence-electron chi connectivity index (χ2n) is 13.2. The van der Waals surface area contributed by atoms with Crippen LogP contribution in [-0.2, 0) is 30.8 Å². The first-order valence-electron chi connectivity index (χ1n) is 16.3.